The summed E-state index contributed by atoms with van der Waals surface area (Å²) in [5, 5.41) is 3.10. The quantitative estimate of drug-likeness (QED) is 0.808. The molecule has 0 saturated heterocycles. The molecule has 3 N–H and O–H groups in total. The highest BCUT2D eigenvalue weighted by Crippen LogP contribution is 2.16. The molecule has 1 aromatic carbocycles. The second-order valence-corrected chi connectivity index (χ2v) is 5.71. The van der Waals surface area contributed by atoms with Crippen molar-refractivity contribution in [3.8, 4) is 0 Å². The van der Waals surface area contributed by atoms with Crippen molar-refractivity contribution >= 4 is 45.0 Å². The van der Waals surface area contributed by atoms with Gasteiger partial charge in [-0.3, -0.25) is 4.79 Å². The molecule has 0 aliphatic heterocycles. The van der Waals surface area contributed by atoms with Crippen molar-refractivity contribution in [1.82, 2.24) is 10.3 Å². The standard InChI is InChI=1S/C11H9FIN3OS/c12-7-2-1-6(8(13)3-7)4-15-10(17)9-5-16-11(14)18-9/h1-3,5H,4H2,(H2,14,16)(H,15,17). The fraction of sp³-hybridized carbons (Fsp3) is 0.0909. The number of carbonyl (C=O) groups is 1. The van der Waals surface area contributed by atoms with Crippen LogP contribution in [0.3, 0.4) is 0 Å². The molecule has 0 aliphatic carbocycles. The van der Waals surface area contributed by atoms with Crippen LogP contribution >= 0.6 is 33.9 Å². The van der Waals surface area contributed by atoms with E-state index in [4.69, 9.17) is 5.73 Å². The van der Waals surface area contributed by atoms with Gasteiger partial charge in [-0.15, -0.1) is 0 Å². The van der Waals surface area contributed by atoms with Gasteiger partial charge in [0.15, 0.2) is 5.13 Å². The van der Waals surface area contributed by atoms with E-state index in [1.807, 2.05) is 22.6 Å². The molecule has 0 spiro atoms. The van der Waals surface area contributed by atoms with E-state index in [9.17, 15) is 9.18 Å². The summed E-state index contributed by atoms with van der Waals surface area (Å²) in [6.45, 7) is 0.342. The molecule has 1 aromatic heterocycles. The van der Waals surface area contributed by atoms with Gasteiger partial charge in [-0.05, 0) is 40.3 Å². The number of nitrogen functional groups attached to an aromatic ring is 1. The number of nitrogens with two attached hydrogens (primary N) is 1. The van der Waals surface area contributed by atoms with Crippen LogP contribution in [0.5, 0.6) is 0 Å². The van der Waals surface area contributed by atoms with Crippen LogP contribution in [0.1, 0.15) is 15.2 Å². The lowest BCUT2D eigenvalue weighted by molar-refractivity contribution is 0.0954. The van der Waals surface area contributed by atoms with Gasteiger partial charge in [0.1, 0.15) is 10.7 Å². The molecule has 2 rings (SSSR count). The third-order valence-corrected chi connectivity index (χ3v) is 4.03. The van der Waals surface area contributed by atoms with E-state index < -0.39 is 0 Å². The van der Waals surface area contributed by atoms with Crippen LogP contribution < -0.4 is 11.1 Å². The molecule has 0 aliphatic rings. The first kappa shape index (κ1) is 13.2. The maximum Gasteiger partial charge on any atom is 0.263 e. The van der Waals surface area contributed by atoms with Crippen LogP contribution in [-0.4, -0.2) is 10.9 Å². The highest BCUT2D eigenvalue weighted by Gasteiger charge is 2.10. The Morgan fingerprint density at radius 2 is 2.33 bits per heavy atom. The topological polar surface area (TPSA) is 68.0 Å². The van der Waals surface area contributed by atoms with Crippen LogP contribution in [0.2, 0.25) is 0 Å². The minimum absolute atomic E-state index is 0.232. The molecule has 1 heterocycles. The van der Waals surface area contributed by atoms with Gasteiger partial charge in [0, 0.05) is 10.1 Å². The Morgan fingerprint density at radius 3 is 2.94 bits per heavy atom. The number of anilines is 1. The van der Waals surface area contributed by atoms with Gasteiger partial charge in [0.05, 0.1) is 6.20 Å². The van der Waals surface area contributed by atoms with Gasteiger partial charge < -0.3 is 11.1 Å². The Balaban J connectivity index is 2.01. The Hall–Kier alpha value is -1.22. The molecule has 0 atom stereocenters. The number of halogens is 2. The Bertz CT molecular complexity index is 587. The average Bonchev–Trinajstić information content (AvgIpc) is 2.74. The number of hydrogen-bond donors (Lipinski definition) is 2. The lowest BCUT2D eigenvalue weighted by Gasteiger charge is -2.06. The van der Waals surface area contributed by atoms with Crippen molar-refractivity contribution in [2.75, 3.05) is 5.73 Å². The SMILES string of the molecule is Nc1ncc(C(=O)NCc2ccc(F)cc2I)s1. The largest absolute Gasteiger partial charge is 0.375 e. The van der Waals surface area contributed by atoms with Crippen LogP contribution in [0, 0.1) is 9.39 Å². The molecular weight excluding hydrogens is 368 g/mol. The number of nitrogens with one attached hydrogen (secondary N) is 1. The first-order valence-corrected chi connectivity index (χ1v) is 6.89. The molecule has 94 valence electrons. The molecule has 0 fully saturated rings. The predicted octanol–water partition coefficient (Wildman–Crippen LogP) is 2.40. The number of amides is 1. The third-order valence-electron chi connectivity index (χ3n) is 2.20. The van der Waals surface area contributed by atoms with E-state index >= 15 is 0 Å². The second kappa shape index (κ2) is 5.61. The number of hydrogen-bond acceptors (Lipinski definition) is 4. The summed E-state index contributed by atoms with van der Waals surface area (Å²) in [4.78, 5) is 16.0. The third kappa shape index (κ3) is 3.16. The summed E-state index contributed by atoms with van der Waals surface area (Å²) in [6, 6.07) is 4.44. The zero-order valence-electron chi connectivity index (χ0n) is 9.11. The zero-order valence-corrected chi connectivity index (χ0v) is 12.1. The maximum atomic E-state index is 12.9. The van der Waals surface area contributed by atoms with Crippen molar-refractivity contribution in [2.45, 2.75) is 6.54 Å². The molecule has 0 bridgehead atoms. The van der Waals surface area contributed by atoms with E-state index in [-0.39, 0.29) is 11.7 Å². The normalized spacial score (nSPS) is 10.3. The summed E-state index contributed by atoms with van der Waals surface area (Å²) in [5.74, 6) is -0.519. The fourth-order valence-corrected chi connectivity index (χ4v) is 2.59. The van der Waals surface area contributed by atoms with E-state index in [1.54, 1.807) is 6.07 Å². The van der Waals surface area contributed by atoms with Gasteiger partial charge in [0.25, 0.3) is 5.91 Å². The van der Waals surface area contributed by atoms with E-state index in [0.717, 1.165) is 20.5 Å². The highest BCUT2D eigenvalue weighted by molar-refractivity contribution is 14.1. The summed E-state index contributed by atoms with van der Waals surface area (Å²) >= 11 is 3.16. The number of rotatable bonds is 3. The van der Waals surface area contributed by atoms with Crippen molar-refractivity contribution in [2.24, 2.45) is 0 Å². The Morgan fingerprint density at radius 1 is 1.56 bits per heavy atom. The Kier molecular flexibility index (Phi) is 4.12. The van der Waals surface area contributed by atoms with Gasteiger partial charge >= 0.3 is 0 Å². The van der Waals surface area contributed by atoms with Crippen molar-refractivity contribution in [1.29, 1.82) is 0 Å². The van der Waals surface area contributed by atoms with Crippen LogP contribution in [0.25, 0.3) is 0 Å². The molecule has 4 nitrogen and oxygen atoms in total. The molecule has 2 aromatic rings. The smallest absolute Gasteiger partial charge is 0.263 e. The summed E-state index contributed by atoms with van der Waals surface area (Å²) in [5.41, 5.74) is 6.31. The van der Waals surface area contributed by atoms with Gasteiger partial charge in [-0.2, -0.15) is 0 Å². The number of carbonyl (C=O) groups excluding carboxylic acids is 1. The van der Waals surface area contributed by atoms with Gasteiger partial charge in [-0.1, -0.05) is 17.4 Å². The number of aromatic nitrogens is 1. The van der Waals surface area contributed by atoms with Gasteiger partial charge in [0.2, 0.25) is 0 Å². The highest BCUT2D eigenvalue weighted by atomic mass is 127. The maximum absolute atomic E-state index is 12.9. The molecule has 7 heteroatoms. The van der Waals surface area contributed by atoms with Gasteiger partial charge in [-0.25, -0.2) is 9.37 Å². The summed E-state index contributed by atoms with van der Waals surface area (Å²) in [7, 11) is 0. The van der Waals surface area contributed by atoms with Crippen LogP contribution in [-0.2, 0) is 6.54 Å². The van der Waals surface area contributed by atoms with E-state index in [0.29, 0.717) is 16.6 Å². The average molecular weight is 377 g/mol. The zero-order chi connectivity index (χ0) is 13.1. The monoisotopic (exact) mass is 377 g/mol. The van der Waals surface area contributed by atoms with Crippen molar-refractivity contribution < 1.29 is 9.18 Å². The van der Waals surface area contributed by atoms with Crippen molar-refractivity contribution in [3.63, 3.8) is 0 Å². The second-order valence-electron chi connectivity index (χ2n) is 3.48. The number of benzene rings is 1. The fourth-order valence-electron chi connectivity index (χ4n) is 1.32. The minimum atomic E-state index is -0.287. The lowest BCUT2D eigenvalue weighted by Crippen LogP contribution is -2.22. The van der Waals surface area contributed by atoms with Crippen LogP contribution in [0.4, 0.5) is 9.52 Å². The lowest BCUT2D eigenvalue weighted by atomic mass is 10.2. The summed E-state index contributed by atoms with van der Waals surface area (Å²) in [6.07, 6.45) is 1.44. The molecule has 0 radical (unpaired) electrons. The van der Waals surface area contributed by atoms with E-state index in [2.05, 4.69) is 10.3 Å². The van der Waals surface area contributed by atoms with Crippen LogP contribution in [0.15, 0.2) is 24.4 Å². The molecule has 0 unspecified atom stereocenters. The number of nitrogens with zero attached hydrogens (tertiary/aromatic N) is 1. The van der Waals surface area contributed by atoms with Crippen molar-refractivity contribution in [3.05, 3.63) is 44.2 Å². The minimum Gasteiger partial charge on any atom is -0.375 e. The molecule has 0 saturated carbocycles. The first-order valence-electron chi connectivity index (χ1n) is 4.99. The Labute approximate surface area is 121 Å². The molecular formula is C11H9FIN3OS. The molecule has 18 heavy (non-hydrogen) atoms. The molecule has 1 amide bonds. The first-order chi connectivity index (χ1) is 8.56. The number of thiazole rings is 1. The van der Waals surface area contributed by atoms with E-state index in [1.165, 1.54) is 18.3 Å². The predicted molar refractivity (Wildman–Crippen MR) is 76.8 cm³/mol. The summed E-state index contributed by atoms with van der Waals surface area (Å²) < 4.78 is 13.7.